The average molecular weight is 351 g/mol. The lowest BCUT2D eigenvalue weighted by Gasteiger charge is -2.11. The van der Waals surface area contributed by atoms with Crippen molar-refractivity contribution in [2.45, 2.75) is 30.4 Å². The van der Waals surface area contributed by atoms with Gasteiger partial charge in [-0.1, -0.05) is 30.0 Å². The Kier molecular flexibility index (Phi) is 6.36. The molecule has 0 saturated heterocycles. The number of rotatable bonds is 8. The SMILES string of the molecule is C=CCNC(=O)[C@@H](C)Sc1nnc([C@@H](C)Oc2ccccc2F)o1. The quantitative estimate of drug-likeness (QED) is 0.582. The Labute approximate surface area is 143 Å². The number of aromatic nitrogens is 2. The van der Waals surface area contributed by atoms with Crippen LogP contribution in [0.2, 0.25) is 0 Å². The molecule has 24 heavy (non-hydrogen) atoms. The number of amides is 1. The number of thioether (sulfide) groups is 1. The molecule has 1 heterocycles. The Hall–Kier alpha value is -2.35. The molecule has 0 aliphatic carbocycles. The molecule has 0 saturated carbocycles. The first-order valence-corrected chi connectivity index (χ1v) is 8.19. The highest BCUT2D eigenvalue weighted by Gasteiger charge is 2.21. The Bertz CT molecular complexity index is 707. The first-order valence-electron chi connectivity index (χ1n) is 7.31. The van der Waals surface area contributed by atoms with Crippen LogP contribution in [-0.2, 0) is 4.79 Å². The minimum absolute atomic E-state index is 0.106. The van der Waals surface area contributed by atoms with Gasteiger partial charge in [0.05, 0.1) is 5.25 Å². The Morgan fingerprint density at radius 1 is 1.46 bits per heavy atom. The second kappa shape index (κ2) is 8.49. The molecule has 1 amide bonds. The highest BCUT2D eigenvalue weighted by atomic mass is 32.2. The van der Waals surface area contributed by atoms with Crippen LogP contribution < -0.4 is 10.1 Å². The van der Waals surface area contributed by atoms with Crippen LogP contribution in [-0.4, -0.2) is 27.9 Å². The third kappa shape index (κ3) is 4.82. The van der Waals surface area contributed by atoms with E-state index in [2.05, 4.69) is 22.1 Å². The second-order valence-electron chi connectivity index (χ2n) is 4.89. The Morgan fingerprint density at radius 3 is 2.92 bits per heavy atom. The van der Waals surface area contributed by atoms with Crippen LogP contribution in [0.25, 0.3) is 0 Å². The largest absolute Gasteiger partial charge is 0.478 e. The molecule has 0 unspecified atom stereocenters. The number of carbonyl (C=O) groups excluding carboxylic acids is 1. The normalized spacial score (nSPS) is 13.1. The molecule has 8 heteroatoms. The number of hydrogen-bond acceptors (Lipinski definition) is 6. The maximum atomic E-state index is 13.6. The summed E-state index contributed by atoms with van der Waals surface area (Å²) >= 11 is 1.13. The number of para-hydroxylation sites is 1. The van der Waals surface area contributed by atoms with Crippen LogP contribution >= 0.6 is 11.8 Å². The minimum Gasteiger partial charge on any atom is -0.478 e. The molecule has 128 valence electrons. The molecule has 0 aliphatic rings. The predicted molar refractivity (Wildman–Crippen MR) is 88.3 cm³/mol. The van der Waals surface area contributed by atoms with Gasteiger partial charge in [0.25, 0.3) is 11.1 Å². The summed E-state index contributed by atoms with van der Waals surface area (Å²) in [6.45, 7) is 7.34. The standard InChI is InChI=1S/C16H18FN3O3S/c1-4-9-18-14(21)11(3)24-16-20-19-15(23-16)10(2)22-13-8-6-5-7-12(13)17/h4-8,10-11H,1,9H2,2-3H3,(H,18,21)/t10-,11-/m1/s1. The van der Waals surface area contributed by atoms with E-state index in [4.69, 9.17) is 9.15 Å². The summed E-state index contributed by atoms with van der Waals surface area (Å²) in [5.41, 5.74) is 0. The molecule has 2 rings (SSSR count). The van der Waals surface area contributed by atoms with Crippen molar-refractivity contribution in [2.24, 2.45) is 0 Å². The van der Waals surface area contributed by atoms with Crippen molar-refractivity contribution in [1.29, 1.82) is 0 Å². The predicted octanol–water partition coefficient (Wildman–Crippen LogP) is 3.13. The molecule has 2 atom stereocenters. The van der Waals surface area contributed by atoms with Gasteiger partial charge < -0.3 is 14.5 Å². The number of hydrogen-bond donors (Lipinski definition) is 1. The molecule has 6 nitrogen and oxygen atoms in total. The van der Waals surface area contributed by atoms with Crippen molar-refractivity contribution in [3.63, 3.8) is 0 Å². The number of ether oxygens (including phenoxy) is 1. The number of halogens is 1. The Balaban J connectivity index is 1.96. The van der Waals surface area contributed by atoms with Crippen LogP contribution in [0.4, 0.5) is 4.39 Å². The van der Waals surface area contributed by atoms with Gasteiger partial charge in [-0.3, -0.25) is 4.79 Å². The molecule has 1 aromatic heterocycles. The maximum Gasteiger partial charge on any atom is 0.277 e. The van der Waals surface area contributed by atoms with Crippen LogP contribution in [0.1, 0.15) is 25.8 Å². The summed E-state index contributed by atoms with van der Waals surface area (Å²) in [7, 11) is 0. The minimum atomic E-state index is -0.617. The van der Waals surface area contributed by atoms with Crippen molar-refractivity contribution >= 4 is 17.7 Å². The van der Waals surface area contributed by atoms with E-state index < -0.39 is 17.2 Å². The number of carbonyl (C=O) groups is 1. The van der Waals surface area contributed by atoms with E-state index in [1.54, 1.807) is 32.1 Å². The molecule has 0 bridgehead atoms. The molecule has 0 radical (unpaired) electrons. The highest BCUT2D eigenvalue weighted by Crippen LogP contribution is 2.27. The van der Waals surface area contributed by atoms with Crippen molar-refractivity contribution in [3.05, 3.63) is 48.6 Å². The maximum absolute atomic E-state index is 13.6. The lowest BCUT2D eigenvalue weighted by atomic mass is 10.3. The molecule has 1 N–H and O–H groups in total. The van der Waals surface area contributed by atoms with Gasteiger partial charge in [0.2, 0.25) is 5.91 Å². The van der Waals surface area contributed by atoms with Gasteiger partial charge in [0.1, 0.15) is 0 Å². The molecular weight excluding hydrogens is 333 g/mol. The van der Waals surface area contributed by atoms with E-state index in [1.165, 1.54) is 12.1 Å². The molecule has 0 fully saturated rings. The highest BCUT2D eigenvalue weighted by molar-refractivity contribution is 8.00. The van der Waals surface area contributed by atoms with Gasteiger partial charge in [-0.15, -0.1) is 16.8 Å². The van der Waals surface area contributed by atoms with Gasteiger partial charge >= 0.3 is 0 Å². The van der Waals surface area contributed by atoms with Gasteiger partial charge in [-0.2, -0.15) is 0 Å². The molecule has 0 aliphatic heterocycles. The van der Waals surface area contributed by atoms with Crippen molar-refractivity contribution in [3.8, 4) is 5.75 Å². The second-order valence-corrected chi connectivity index (χ2v) is 6.18. The zero-order valence-electron chi connectivity index (χ0n) is 13.4. The van der Waals surface area contributed by atoms with Crippen molar-refractivity contribution in [2.75, 3.05) is 6.54 Å². The van der Waals surface area contributed by atoms with E-state index in [1.807, 2.05) is 0 Å². The zero-order chi connectivity index (χ0) is 17.5. The molecule has 2 aromatic rings. The first-order chi connectivity index (χ1) is 11.5. The van der Waals surface area contributed by atoms with Crippen LogP contribution in [0.5, 0.6) is 5.75 Å². The fraction of sp³-hybridized carbons (Fsp3) is 0.312. The summed E-state index contributed by atoms with van der Waals surface area (Å²) in [6.07, 6.45) is 0.982. The number of nitrogens with one attached hydrogen (secondary N) is 1. The number of benzene rings is 1. The summed E-state index contributed by atoms with van der Waals surface area (Å²) in [5, 5.41) is 10.3. The van der Waals surface area contributed by atoms with E-state index in [-0.39, 0.29) is 22.8 Å². The summed E-state index contributed by atoms with van der Waals surface area (Å²) in [6, 6.07) is 6.07. The summed E-state index contributed by atoms with van der Waals surface area (Å²) in [5.74, 6) is -0.310. The average Bonchev–Trinajstić information content (AvgIpc) is 3.03. The summed E-state index contributed by atoms with van der Waals surface area (Å²) < 4.78 is 24.5. The van der Waals surface area contributed by atoms with Gasteiger partial charge in [0.15, 0.2) is 17.7 Å². The lowest BCUT2D eigenvalue weighted by Crippen LogP contribution is -2.30. The first kappa shape index (κ1) is 18.0. The fourth-order valence-electron chi connectivity index (χ4n) is 1.73. The Morgan fingerprint density at radius 2 is 2.21 bits per heavy atom. The van der Waals surface area contributed by atoms with Gasteiger partial charge in [-0.25, -0.2) is 4.39 Å². The van der Waals surface area contributed by atoms with Gasteiger partial charge in [-0.05, 0) is 26.0 Å². The molecule has 0 spiro atoms. The van der Waals surface area contributed by atoms with Crippen LogP contribution in [0.15, 0.2) is 46.6 Å². The molecule has 1 aromatic carbocycles. The topological polar surface area (TPSA) is 77.2 Å². The third-order valence-electron chi connectivity index (χ3n) is 2.98. The smallest absolute Gasteiger partial charge is 0.277 e. The monoisotopic (exact) mass is 351 g/mol. The van der Waals surface area contributed by atoms with Gasteiger partial charge in [0, 0.05) is 6.54 Å². The van der Waals surface area contributed by atoms with E-state index in [0.717, 1.165) is 11.8 Å². The summed E-state index contributed by atoms with van der Waals surface area (Å²) in [4.78, 5) is 11.8. The lowest BCUT2D eigenvalue weighted by molar-refractivity contribution is -0.120. The van der Waals surface area contributed by atoms with E-state index >= 15 is 0 Å². The fourth-order valence-corrected chi connectivity index (χ4v) is 2.45. The molecular formula is C16H18FN3O3S. The van der Waals surface area contributed by atoms with E-state index in [0.29, 0.717) is 6.54 Å². The zero-order valence-corrected chi connectivity index (χ0v) is 14.2. The third-order valence-corrected chi connectivity index (χ3v) is 3.91. The van der Waals surface area contributed by atoms with Crippen LogP contribution in [0.3, 0.4) is 0 Å². The van der Waals surface area contributed by atoms with Crippen molar-refractivity contribution in [1.82, 2.24) is 15.5 Å². The number of nitrogens with zero attached hydrogens (tertiary/aromatic N) is 2. The van der Waals surface area contributed by atoms with Crippen LogP contribution in [0, 0.1) is 5.82 Å². The van der Waals surface area contributed by atoms with Crippen molar-refractivity contribution < 1.29 is 18.3 Å². The van der Waals surface area contributed by atoms with E-state index in [9.17, 15) is 9.18 Å².